The van der Waals surface area contributed by atoms with E-state index < -0.39 is 22.8 Å². The highest BCUT2D eigenvalue weighted by molar-refractivity contribution is 6.38. The molecule has 0 unspecified atom stereocenters. The van der Waals surface area contributed by atoms with Crippen LogP contribution in [-0.4, -0.2) is 67.8 Å². The lowest BCUT2D eigenvalue weighted by Gasteiger charge is -2.25. The summed E-state index contributed by atoms with van der Waals surface area (Å²) >= 11 is 0. The highest BCUT2D eigenvalue weighted by Gasteiger charge is 2.32. The third-order valence-electron chi connectivity index (χ3n) is 10.4. The van der Waals surface area contributed by atoms with Crippen molar-refractivity contribution in [1.82, 2.24) is 0 Å². The smallest absolute Gasteiger partial charge is 0.338 e. The molecule has 0 spiro atoms. The number of carbonyl (C=O) groups is 2. The van der Waals surface area contributed by atoms with E-state index in [4.69, 9.17) is 37.9 Å². The Morgan fingerprint density at radius 1 is 0.431 bits per heavy atom. The second-order valence-electron chi connectivity index (χ2n) is 13.5. The van der Waals surface area contributed by atoms with Gasteiger partial charge in [-0.3, -0.25) is 9.59 Å². The van der Waals surface area contributed by atoms with E-state index in [2.05, 4.69) is 0 Å². The minimum absolute atomic E-state index is 0.0347. The number of ether oxygens (including phenoxy) is 8. The average molecular weight is 787 g/mol. The molecule has 58 heavy (non-hydrogen) atoms. The molecule has 0 radical (unpaired) electrons. The van der Waals surface area contributed by atoms with Crippen LogP contribution in [0.25, 0.3) is 43.1 Å². The Kier molecular flexibility index (Phi) is 11.4. The Balaban J connectivity index is 1.54. The lowest BCUT2D eigenvalue weighted by Crippen LogP contribution is -2.16. The number of aryl methyl sites for hydroxylation is 2. The zero-order valence-corrected chi connectivity index (χ0v) is 33.1. The summed E-state index contributed by atoms with van der Waals surface area (Å²) < 4.78 is 47.0. The van der Waals surface area contributed by atoms with Gasteiger partial charge in [-0.15, -0.1) is 0 Å². The predicted octanol–water partition coefficient (Wildman–Crippen LogP) is 7.53. The van der Waals surface area contributed by atoms with Gasteiger partial charge in [0.05, 0.1) is 77.8 Å². The maximum absolute atomic E-state index is 14.7. The number of benzene rings is 7. The van der Waals surface area contributed by atoms with Crippen LogP contribution in [0.4, 0.5) is 0 Å². The van der Waals surface area contributed by atoms with E-state index in [1.165, 1.54) is 42.7 Å². The van der Waals surface area contributed by atoms with Gasteiger partial charge in [0.15, 0.2) is 11.5 Å². The highest BCUT2D eigenvalue weighted by Crippen LogP contribution is 2.53. The molecule has 0 aromatic heterocycles. The Labute approximate surface area is 333 Å². The largest absolute Gasteiger partial charge is 0.496 e. The van der Waals surface area contributed by atoms with Gasteiger partial charge < -0.3 is 37.9 Å². The molecule has 7 aromatic rings. The Morgan fingerprint density at radius 3 is 1.10 bits per heavy atom. The van der Waals surface area contributed by atoms with E-state index >= 15 is 0 Å². The number of carbonyl (C=O) groups excluding carboxylic acids is 2. The Hall–Kier alpha value is -6.82. The number of hydrogen-bond donors (Lipinski definition) is 0. The molecule has 12 nitrogen and oxygen atoms in total. The van der Waals surface area contributed by atoms with Gasteiger partial charge in [0.2, 0.25) is 10.9 Å². The number of hydrogen-bond acceptors (Lipinski definition) is 12. The second-order valence-corrected chi connectivity index (χ2v) is 13.5. The maximum atomic E-state index is 14.7. The summed E-state index contributed by atoms with van der Waals surface area (Å²) in [5.41, 5.74) is 1.01. The molecule has 0 aliphatic rings. The first kappa shape index (κ1) is 39.4. The Bertz CT molecular complexity index is 2580. The lowest BCUT2D eigenvalue weighted by molar-refractivity contribution is 0.0491. The predicted molar refractivity (Wildman–Crippen MR) is 221 cm³/mol. The van der Waals surface area contributed by atoms with Crippen LogP contribution in [0.15, 0.2) is 82.4 Å². The minimum atomic E-state index is -0.477. The van der Waals surface area contributed by atoms with Crippen LogP contribution < -0.4 is 39.3 Å². The molecule has 7 aromatic carbocycles. The van der Waals surface area contributed by atoms with E-state index in [-0.39, 0.29) is 59.8 Å². The number of esters is 2. The van der Waals surface area contributed by atoms with E-state index in [0.29, 0.717) is 78.9 Å². The number of fused-ring (bicyclic) bond motifs is 2. The normalized spacial score (nSPS) is 11.3. The second kappa shape index (κ2) is 16.7. The molecule has 0 saturated carbocycles. The van der Waals surface area contributed by atoms with Crippen molar-refractivity contribution in [3.8, 4) is 34.5 Å². The first-order valence-electron chi connectivity index (χ1n) is 18.7. The molecule has 12 heteroatoms. The molecule has 0 aliphatic carbocycles. The van der Waals surface area contributed by atoms with Crippen LogP contribution in [0.1, 0.15) is 44.7 Å². The summed E-state index contributed by atoms with van der Waals surface area (Å²) in [5, 5.41) is 3.62. The van der Waals surface area contributed by atoms with Crippen molar-refractivity contribution in [1.29, 1.82) is 0 Å². The fourth-order valence-corrected chi connectivity index (χ4v) is 7.99. The third-order valence-corrected chi connectivity index (χ3v) is 10.4. The molecule has 0 saturated heterocycles. The fourth-order valence-electron chi connectivity index (χ4n) is 7.99. The first-order valence-corrected chi connectivity index (χ1v) is 18.7. The summed E-state index contributed by atoms with van der Waals surface area (Å²) in [6.45, 7) is 0.0693. The van der Waals surface area contributed by atoms with Crippen LogP contribution >= 0.6 is 0 Å². The summed E-state index contributed by atoms with van der Waals surface area (Å²) in [6, 6.07) is 20.6. The Morgan fingerprint density at radius 2 is 0.776 bits per heavy atom. The first-order chi connectivity index (χ1) is 28.2. The van der Waals surface area contributed by atoms with Crippen LogP contribution in [0.2, 0.25) is 0 Å². The van der Waals surface area contributed by atoms with Crippen LogP contribution in [0.5, 0.6) is 34.5 Å². The number of rotatable bonds is 16. The van der Waals surface area contributed by atoms with Gasteiger partial charge in [-0.25, -0.2) is 9.59 Å². The zero-order valence-electron chi connectivity index (χ0n) is 33.1. The van der Waals surface area contributed by atoms with Crippen molar-refractivity contribution in [3.05, 3.63) is 115 Å². The van der Waals surface area contributed by atoms with Crippen molar-refractivity contribution >= 4 is 55.0 Å². The molecule has 0 heterocycles. The van der Waals surface area contributed by atoms with Gasteiger partial charge in [0.1, 0.15) is 23.0 Å². The molecule has 0 N–H and O–H groups in total. The van der Waals surface area contributed by atoms with Gasteiger partial charge in [-0.1, -0.05) is 36.4 Å². The van der Waals surface area contributed by atoms with E-state index in [1.54, 1.807) is 60.7 Å². The molecule has 0 bridgehead atoms. The van der Waals surface area contributed by atoms with E-state index in [1.807, 2.05) is 12.1 Å². The van der Waals surface area contributed by atoms with Gasteiger partial charge >= 0.3 is 11.9 Å². The molecule has 7 rings (SSSR count). The summed E-state index contributed by atoms with van der Waals surface area (Å²) in [6.07, 6.45) is 1.06. The molecular formula is C46H42O12. The third kappa shape index (κ3) is 6.63. The van der Waals surface area contributed by atoms with Crippen molar-refractivity contribution in [3.63, 3.8) is 0 Å². The molecule has 0 aliphatic heterocycles. The molecule has 0 fully saturated rings. The summed E-state index contributed by atoms with van der Waals surface area (Å²) in [4.78, 5) is 55.1. The average Bonchev–Trinajstić information content (AvgIpc) is 3.26. The molecule has 0 amide bonds. The van der Waals surface area contributed by atoms with Gasteiger partial charge in [-0.2, -0.15) is 0 Å². The quantitative estimate of drug-likeness (QED) is 0.0414. The van der Waals surface area contributed by atoms with Crippen LogP contribution in [0, 0.1) is 0 Å². The van der Waals surface area contributed by atoms with Crippen LogP contribution in [-0.2, 0) is 22.3 Å². The van der Waals surface area contributed by atoms with Crippen LogP contribution in [0.3, 0.4) is 0 Å². The monoisotopic (exact) mass is 786 g/mol. The fraction of sp³-hybridized carbons (Fsp3) is 0.261. The van der Waals surface area contributed by atoms with Gasteiger partial charge in [-0.05, 0) is 60.7 Å². The number of methoxy groups -OCH3 is 6. The molecule has 0 atom stereocenters. The van der Waals surface area contributed by atoms with Crippen molar-refractivity contribution < 1.29 is 47.5 Å². The van der Waals surface area contributed by atoms with E-state index in [0.717, 1.165) is 0 Å². The molecular weight excluding hydrogens is 744 g/mol. The zero-order chi connectivity index (χ0) is 41.1. The highest BCUT2D eigenvalue weighted by atomic mass is 16.5. The lowest BCUT2D eigenvalue weighted by atomic mass is 9.82. The van der Waals surface area contributed by atoms with Gasteiger partial charge in [0.25, 0.3) is 0 Å². The van der Waals surface area contributed by atoms with Crippen molar-refractivity contribution in [2.24, 2.45) is 0 Å². The standard InChI is InChI=1S/C46H42O12/c1-51-29-23-31(53-3)37-39-33(27(43(55-5)41(37)47)19-13-21-57-45(49)25-15-9-7-10-16-25)34-28(20-14-22-58-46(50)26-17-11-8-12-18-26)44(56-6)42(48)38-32(54-4)24-30(52-2)36(35(29)39)40(34)38/h7-12,15-18,23-24H,13-14,19-22H2,1-6H3. The van der Waals surface area contributed by atoms with E-state index in [9.17, 15) is 19.2 Å². The SMILES string of the molecule is COc1c(CCCOC(=O)c2ccccc2)c2c3c(CCCOC(=O)c4ccccc4)c(OC)c(=O)c4c(OC)cc(OC)c(c5c(OC)cc(OC)c(c1=O)c52)c43. The van der Waals surface area contributed by atoms with Crippen molar-refractivity contribution in [2.45, 2.75) is 25.7 Å². The minimum Gasteiger partial charge on any atom is -0.496 e. The van der Waals surface area contributed by atoms with Crippen molar-refractivity contribution in [2.75, 3.05) is 55.9 Å². The molecule has 298 valence electrons. The maximum Gasteiger partial charge on any atom is 0.338 e. The van der Waals surface area contributed by atoms with Gasteiger partial charge in [0, 0.05) is 44.8 Å². The summed E-state index contributed by atoms with van der Waals surface area (Å²) in [5.74, 6) is 0.396. The summed E-state index contributed by atoms with van der Waals surface area (Å²) in [7, 11) is 8.81. The topological polar surface area (TPSA) is 142 Å².